The number of oxazole rings is 1. The fraction of sp³-hybridized carbons (Fsp3) is 0.733. The minimum absolute atomic E-state index is 0.134. The molecule has 0 aromatic carbocycles. The number of aliphatic hydroxyl groups is 1. The summed E-state index contributed by atoms with van der Waals surface area (Å²) in [6.07, 6.45) is 1.63. The summed E-state index contributed by atoms with van der Waals surface area (Å²) in [5, 5.41) is 10.5. The highest BCUT2D eigenvalue weighted by molar-refractivity contribution is 5.87. The van der Waals surface area contributed by atoms with Gasteiger partial charge in [0.25, 0.3) is 6.01 Å². The highest BCUT2D eigenvalue weighted by Crippen LogP contribution is 2.23. The van der Waals surface area contributed by atoms with Crippen molar-refractivity contribution in [1.82, 2.24) is 9.88 Å². The second kappa shape index (κ2) is 7.29. The molecule has 0 bridgehead atoms. The van der Waals surface area contributed by atoms with Crippen molar-refractivity contribution in [1.29, 1.82) is 0 Å². The number of hydrogen-bond acceptors (Lipinski definition) is 8. The van der Waals surface area contributed by atoms with Crippen molar-refractivity contribution in [3.63, 3.8) is 0 Å². The van der Waals surface area contributed by atoms with Gasteiger partial charge in [0.15, 0.2) is 5.69 Å². The minimum Gasteiger partial charge on any atom is -0.461 e. The average Bonchev–Trinajstić information content (AvgIpc) is 3.06. The molecule has 1 N–H and O–H groups in total. The van der Waals surface area contributed by atoms with Crippen LogP contribution >= 0.6 is 0 Å². The zero-order valence-corrected chi connectivity index (χ0v) is 13.3. The molecule has 2 aliphatic rings. The molecular formula is C15H23N3O5. The van der Waals surface area contributed by atoms with E-state index in [9.17, 15) is 9.90 Å². The van der Waals surface area contributed by atoms with Crippen LogP contribution in [0.4, 0.5) is 6.01 Å². The molecule has 2 fully saturated rings. The van der Waals surface area contributed by atoms with Gasteiger partial charge in [-0.3, -0.25) is 4.90 Å². The molecule has 0 saturated carbocycles. The van der Waals surface area contributed by atoms with Gasteiger partial charge < -0.3 is 23.9 Å². The molecule has 0 aliphatic carbocycles. The van der Waals surface area contributed by atoms with Crippen LogP contribution in [0, 0.1) is 0 Å². The highest BCUT2D eigenvalue weighted by Gasteiger charge is 2.34. The van der Waals surface area contributed by atoms with Gasteiger partial charge in [-0.15, -0.1) is 0 Å². The van der Waals surface area contributed by atoms with Crippen molar-refractivity contribution < 1.29 is 23.8 Å². The highest BCUT2D eigenvalue weighted by atomic mass is 16.5. The van der Waals surface area contributed by atoms with E-state index in [4.69, 9.17) is 13.9 Å². The van der Waals surface area contributed by atoms with Gasteiger partial charge in [-0.25, -0.2) is 4.79 Å². The molecule has 0 amide bonds. The lowest BCUT2D eigenvalue weighted by atomic mass is 10.00. The first-order valence-electron chi connectivity index (χ1n) is 8.06. The first kappa shape index (κ1) is 16.2. The van der Waals surface area contributed by atoms with Crippen LogP contribution in [0.1, 0.15) is 23.8 Å². The number of esters is 1. The molecule has 1 aromatic rings. The summed E-state index contributed by atoms with van der Waals surface area (Å²) in [6, 6.07) is 0.488. The van der Waals surface area contributed by atoms with Gasteiger partial charge in [-0.2, -0.15) is 4.98 Å². The van der Waals surface area contributed by atoms with E-state index in [2.05, 4.69) is 9.88 Å². The van der Waals surface area contributed by atoms with Crippen molar-refractivity contribution >= 4 is 12.0 Å². The Kier molecular flexibility index (Phi) is 5.14. The number of aliphatic hydroxyl groups excluding tert-OH is 1. The van der Waals surface area contributed by atoms with Crippen molar-refractivity contribution in [2.45, 2.75) is 25.5 Å². The summed E-state index contributed by atoms with van der Waals surface area (Å²) in [4.78, 5) is 19.9. The quantitative estimate of drug-likeness (QED) is 0.781. The number of carbonyl (C=O) groups excluding carboxylic acids is 1. The average molecular weight is 325 g/mol. The molecule has 2 atom stereocenters. The third-order valence-corrected chi connectivity index (χ3v) is 4.31. The molecular weight excluding hydrogens is 302 g/mol. The van der Waals surface area contributed by atoms with E-state index in [1.165, 1.54) is 6.26 Å². The summed E-state index contributed by atoms with van der Waals surface area (Å²) in [5.41, 5.74) is 0.159. The monoisotopic (exact) mass is 325 g/mol. The largest absolute Gasteiger partial charge is 0.461 e. The van der Waals surface area contributed by atoms with Gasteiger partial charge >= 0.3 is 5.97 Å². The van der Waals surface area contributed by atoms with E-state index in [0.29, 0.717) is 19.2 Å². The van der Waals surface area contributed by atoms with Gasteiger partial charge in [-0.05, 0) is 13.3 Å². The number of anilines is 1. The number of rotatable bonds is 4. The number of piperidine rings is 1. The number of hydrogen-bond donors (Lipinski definition) is 1. The molecule has 8 heteroatoms. The molecule has 3 rings (SSSR count). The number of carbonyl (C=O) groups is 1. The fourth-order valence-corrected chi connectivity index (χ4v) is 3.14. The van der Waals surface area contributed by atoms with Crippen LogP contribution in [0.3, 0.4) is 0 Å². The Morgan fingerprint density at radius 3 is 2.91 bits per heavy atom. The van der Waals surface area contributed by atoms with Crippen LogP contribution in [-0.2, 0) is 9.47 Å². The minimum atomic E-state index is -0.494. The zero-order chi connectivity index (χ0) is 16.2. The Hall–Kier alpha value is -1.64. The lowest BCUT2D eigenvalue weighted by Gasteiger charge is -2.42. The van der Waals surface area contributed by atoms with E-state index in [-0.39, 0.29) is 11.7 Å². The number of aromatic nitrogens is 1. The normalized spacial score (nSPS) is 26.3. The molecule has 0 spiro atoms. The number of ether oxygens (including phenoxy) is 2. The summed E-state index contributed by atoms with van der Waals surface area (Å²) in [6.45, 7) is 6.34. The molecule has 1 aromatic heterocycles. The van der Waals surface area contributed by atoms with Crippen LogP contribution in [0.5, 0.6) is 0 Å². The van der Waals surface area contributed by atoms with Gasteiger partial charge in [0, 0.05) is 32.2 Å². The topological polar surface area (TPSA) is 88.3 Å². The van der Waals surface area contributed by atoms with Crippen molar-refractivity contribution in [2.75, 3.05) is 50.9 Å². The van der Waals surface area contributed by atoms with E-state index in [0.717, 1.165) is 39.3 Å². The van der Waals surface area contributed by atoms with Gasteiger partial charge in [0.05, 0.1) is 25.9 Å². The van der Waals surface area contributed by atoms with E-state index in [1.807, 2.05) is 4.90 Å². The molecule has 8 nitrogen and oxygen atoms in total. The molecule has 2 saturated heterocycles. The lowest BCUT2D eigenvalue weighted by Crippen LogP contribution is -2.56. The smallest absolute Gasteiger partial charge is 0.360 e. The maximum atomic E-state index is 11.6. The second-order valence-corrected chi connectivity index (χ2v) is 5.75. The van der Waals surface area contributed by atoms with Gasteiger partial charge in [0.1, 0.15) is 6.26 Å². The molecule has 2 aliphatic heterocycles. The van der Waals surface area contributed by atoms with Gasteiger partial charge in [0.2, 0.25) is 0 Å². The van der Waals surface area contributed by atoms with Crippen molar-refractivity contribution in [3.8, 4) is 0 Å². The van der Waals surface area contributed by atoms with E-state index >= 15 is 0 Å². The second-order valence-electron chi connectivity index (χ2n) is 5.75. The molecule has 23 heavy (non-hydrogen) atoms. The first-order valence-corrected chi connectivity index (χ1v) is 8.06. The first-order chi connectivity index (χ1) is 11.2. The molecule has 128 valence electrons. The summed E-state index contributed by atoms with van der Waals surface area (Å²) >= 11 is 0. The Morgan fingerprint density at radius 1 is 1.43 bits per heavy atom. The van der Waals surface area contributed by atoms with Crippen LogP contribution in [0.15, 0.2) is 10.7 Å². The van der Waals surface area contributed by atoms with E-state index in [1.54, 1.807) is 6.92 Å². The lowest BCUT2D eigenvalue weighted by molar-refractivity contribution is -0.0278. The van der Waals surface area contributed by atoms with Crippen molar-refractivity contribution in [3.05, 3.63) is 12.0 Å². The van der Waals surface area contributed by atoms with Crippen LogP contribution in [0.2, 0.25) is 0 Å². The summed E-state index contributed by atoms with van der Waals surface area (Å²) in [7, 11) is 0. The predicted octanol–water partition coefficient (Wildman–Crippen LogP) is 0.123. The summed E-state index contributed by atoms with van der Waals surface area (Å²) in [5.74, 6) is -0.494. The van der Waals surface area contributed by atoms with Crippen LogP contribution in [0.25, 0.3) is 0 Å². The Balaban J connectivity index is 1.60. The Bertz CT molecular complexity index is 529. The third kappa shape index (κ3) is 3.65. The van der Waals surface area contributed by atoms with Crippen LogP contribution < -0.4 is 4.90 Å². The molecule has 0 unspecified atom stereocenters. The fourth-order valence-electron chi connectivity index (χ4n) is 3.14. The maximum absolute atomic E-state index is 11.6. The Morgan fingerprint density at radius 2 is 2.22 bits per heavy atom. The number of β-amino-alcohol motifs (C(OH)–C–C–N with tert-alkyl or cyclic N) is 1. The van der Waals surface area contributed by atoms with E-state index < -0.39 is 12.1 Å². The van der Waals surface area contributed by atoms with Crippen LogP contribution in [-0.4, -0.2) is 79.1 Å². The maximum Gasteiger partial charge on any atom is 0.360 e. The van der Waals surface area contributed by atoms with Crippen molar-refractivity contribution in [2.24, 2.45) is 0 Å². The Labute approximate surface area is 135 Å². The summed E-state index contributed by atoms with van der Waals surface area (Å²) < 4.78 is 15.6. The zero-order valence-electron chi connectivity index (χ0n) is 13.3. The predicted molar refractivity (Wildman–Crippen MR) is 81.5 cm³/mol. The standard InChI is InChI=1S/C15H23N3O5/c1-2-22-14(20)11-10-23-15(16-11)18-4-3-12(13(19)9-18)17-5-7-21-8-6-17/h10,12-13,19H,2-9H2,1H3/t12-,13-/m0/s1. The SMILES string of the molecule is CCOC(=O)c1coc(N2CC[C@H](N3CCOCC3)[C@@H](O)C2)n1. The number of nitrogens with zero attached hydrogens (tertiary/aromatic N) is 3. The molecule has 0 radical (unpaired) electrons. The number of morpholine rings is 1. The van der Waals surface area contributed by atoms with Gasteiger partial charge in [-0.1, -0.05) is 0 Å². The third-order valence-electron chi connectivity index (χ3n) is 4.31. The molecule has 3 heterocycles.